The minimum absolute atomic E-state index is 0.200. The lowest BCUT2D eigenvalue weighted by molar-refractivity contribution is -0.122. The van der Waals surface area contributed by atoms with Gasteiger partial charge in [0.1, 0.15) is 17.7 Å². The molecule has 6 heteroatoms. The van der Waals surface area contributed by atoms with Crippen molar-refractivity contribution in [3.8, 4) is 0 Å². The molecule has 0 saturated carbocycles. The van der Waals surface area contributed by atoms with Gasteiger partial charge in [0.15, 0.2) is 0 Å². The molecule has 1 unspecified atom stereocenters. The van der Waals surface area contributed by atoms with Crippen LogP contribution in [0.3, 0.4) is 0 Å². The molecule has 0 radical (unpaired) electrons. The fraction of sp³-hybridized carbons (Fsp3) is 0.130. The van der Waals surface area contributed by atoms with Crippen LogP contribution >= 0.6 is 0 Å². The smallest absolute Gasteiger partial charge is 0.254 e. The SMILES string of the molecule is NC(=O)C(c1ccc(F)cc1)N(CCc1ccccc1)C(=O)c1ccc(F)cc1. The molecule has 0 fully saturated rings. The lowest BCUT2D eigenvalue weighted by Crippen LogP contribution is -2.43. The van der Waals surface area contributed by atoms with E-state index < -0.39 is 29.5 Å². The van der Waals surface area contributed by atoms with Crippen molar-refractivity contribution in [1.82, 2.24) is 4.90 Å². The summed E-state index contributed by atoms with van der Waals surface area (Å²) < 4.78 is 26.6. The van der Waals surface area contributed by atoms with Crippen LogP contribution in [0.25, 0.3) is 0 Å². The maximum absolute atomic E-state index is 13.4. The van der Waals surface area contributed by atoms with Crippen molar-refractivity contribution in [2.24, 2.45) is 5.73 Å². The number of halogens is 2. The highest BCUT2D eigenvalue weighted by Crippen LogP contribution is 2.24. The highest BCUT2D eigenvalue weighted by Gasteiger charge is 2.30. The first-order valence-electron chi connectivity index (χ1n) is 9.11. The van der Waals surface area contributed by atoms with Crippen molar-refractivity contribution in [1.29, 1.82) is 0 Å². The molecule has 148 valence electrons. The number of carbonyl (C=O) groups excluding carboxylic acids is 2. The van der Waals surface area contributed by atoms with Gasteiger partial charge in [-0.1, -0.05) is 42.5 Å². The van der Waals surface area contributed by atoms with Gasteiger partial charge in [0.05, 0.1) is 0 Å². The summed E-state index contributed by atoms with van der Waals surface area (Å²) in [4.78, 5) is 26.8. The maximum Gasteiger partial charge on any atom is 0.254 e. The van der Waals surface area contributed by atoms with Crippen molar-refractivity contribution in [2.45, 2.75) is 12.5 Å². The molecule has 0 saturated heterocycles. The molecule has 4 nitrogen and oxygen atoms in total. The maximum atomic E-state index is 13.4. The standard InChI is InChI=1S/C23H20F2N2O2/c24-19-10-6-17(7-11-19)21(22(26)28)27(15-14-16-4-2-1-3-5-16)23(29)18-8-12-20(25)13-9-18/h1-13,21H,14-15H2,(H2,26,28). The van der Waals surface area contributed by atoms with Gasteiger partial charge in [-0.25, -0.2) is 8.78 Å². The summed E-state index contributed by atoms with van der Waals surface area (Å²) in [6, 6.07) is 18.7. The number of rotatable bonds is 7. The van der Waals surface area contributed by atoms with E-state index in [1.54, 1.807) is 0 Å². The molecule has 2 amide bonds. The number of amides is 2. The van der Waals surface area contributed by atoms with Gasteiger partial charge in [0.25, 0.3) is 5.91 Å². The number of carbonyl (C=O) groups is 2. The second-order valence-corrected chi connectivity index (χ2v) is 6.60. The quantitative estimate of drug-likeness (QED) is 0.661. The van der Waals surface area contributed by atoms with E-state index in [1.165, 1.54) is 53.4 Å². The Bertz CT molecular complexity index is 974. The van der Waals surface area contributed by atoms with E-state index in [-0.39, 0.29) is 12.1 Å². The zero-order valence-corrected chi connectivity index (χ0v) is 15.6. The molecule has 0 aliphatic heterocycles. The summed E-state index contributed by atoms with van der Waals surface area (Å²) >= 11 is 0. The first kappa shape index (κ1) is 20.2. The Kier molecular flexibility index (Phi) is 6.34. The normalized spacial score (nSPS) is 11.7. The molecule has 3 aromatic rings. The van der Waals surface area contributed by atoms with Crippen molar-refractivity contribution in [2.75, 3.05) is 6.54 Å². The van der Waals surface area contributed by atoms with E-state index in [0.717, 1.165) is 5.56 Å². The molecule has 1 atom stereocenters. The van der Waals surface area contributed by atoms with Gasteiger partial charge in [-0.05, 0) is 53.9 Å². The van der Waals surface area contributed by atoms with Crippen LogP contribution in [0.4, 0.5) is 8.78 Å². The molecule has 3 aromatic carbocycles. The lowest BCUT2D eigenvalue weighted by Gasteiger charge is -2.30. The van der Waals surface area contributed by atoms with E-state index in [2.05, 4.69) is 0 Å². The third-order valence-electron chi connectivity index (χ3n) is 4.60. The molecule has 0 aromatic heterocycles. The van der Waals surface area contributed by atoms with Crippen LogP contribution in [-0.2, 0) is 11.2 Å². The summed E-state index contributed by atoms with van der Waals surface area (Å²) in [6.07, 6.45) is 0.485. The van der Waals surface area contributed by atoms with Crippen LogP contribution in [0, 0.1) is 11.6 Å². The summed E-state index contributed by atoms with van der Waals surface area (Å²) in [5.74, 6) is -2.13. The molecular weight excluding hydrogens is 374 g/mol. The Morgan fingerprint density at radius 3 is 1.93 bits per heavy atom. The monoisotopic (exact) mass is 394 g/mol. The zero-order chi connectivity index (χ0) is 20.8. The van der Waals surface area contributed by atoms with Crippen molar-refractivity contribution < 1.29 is 18.4 Å². The number of hydrogen-bond acceptors (Lipinski definition) is 2. The summed E-state index contributed by atoms with van der Waals surface area (Å²) in [7, 11) is 0. The van der Waals surface area contributed by atoms with Crippen molar-refractivity contribution >= 4 is 11.8 Å². The van der Waals surface area contributed by atoms with Crippen molar-refractivity contribution in [3.05, 3.63) is 107 Å². The number of primary amides is 1. The molecule has 29 heavy (non-hydrogen) atoms. The van der Waals surface area contributed by atoms with E-state index >= 15 is 0 Å². The minimum atomic E-state index is -1.09. The van der Waals surface area contributed by atoms with Crippen LogP contribution in [0.2, 0.25) is 0 Å². The van der Waals surface area contributed by atoms with Gasteiger partial charge in [0.2, 0.25) is 5.91 Å². The molecule has 0 aliphatic carbocycles. The van der Waals surface area contributed by atoms with Gasteiger partial charge >= 0.3 is 0 Å². The molecule has 3 rings (SSSR count). The fourth-order valence-electron chi connectivity index (χ4n) is 3.14. The van der Waals surface area contributed by atoms with E-state index in [9.17, 15) is 18.4 Å². The number of nitrogens with zero attached hydrogens (tertiary/aromatic N) is 1. The predicted molar refractivity (Wildman–Crippen MR) is 106 cm³/mol. The first-order valence-corrected chi connectivity index (χ1v) is 9.11. The highest BCUT2D eigenvalue weighted by molar-refractivity contribution is 5.97. The number of nitrogens with two attached hydrogens (primary N) is 1. The minimum Gasteiger partial charge on any atom is -0.368 e. The summed E-state index contributed by atoms with van der Waals surface area (Å²) in [5, 5.41) is 0. The third-order valence-corrected chi connectivity index (χ3v) is 4.60. The first-order chi connectivity index (χ1) is 14.0. The molecule has 2 N–H and O–H groups in total. The summed E-state index contributed by atoms with van der Waals surface area (Å²) in [6.45, 7) is 0.200. The number of hydrogen-bond donors (Lipinski definition) is 1. The van der Waals surface area contributed by atoms with Gasteiger partial charge in [-0.3, -0.25) is 9.59 Å². The fourth-order valence-corrected chi connectivity index (χ4v) is 3.14. The van der Waals surface area contributed by atoms with Gasteiger partial charge in [0, 0.05) is 12.1 Å². The Labute approximate surface area is 167 Å². The molecule has 0 heterocycles. The van der Waals surface area contributed by atoms with Crippen LogP contribution in [0.1, 0.15) is 27.5 Å². The van der Waals surface area contributed by atoms with E-state index in [1.807, 2.05) is 30.3 Å². The third kappa shape index (κ3) is 5.04. The molecule has 0 spiro atoms. The van der Waals surface area contributed by atoms with Crippen LogP contribution in [0.5, 0.6) is 0 Å². The second kappa shape index (κ2) is 9.10. The molecular formula is C23H20F2N2O2. The van der Waals surface area contributed by atoms with E-state index in [4.69, 9.17) is 5.73 Å². The summed E-state index contributed by atoms with van der Waals surface area (Å²) in [5.41, 5.74) is 7.24. The zero-order valence-electron chi connectivity index (χ0n) is 15.6. The average molecular weight is 394 g/mol. The molecule has 0 aliphatic rings. The van der Waals surface area contributed by atoms with E-state index in [0.29, 0.717) is 12.0 Å². The molecule has 0 bridgehead atoms. The Balaban J connectivity index is 1.96. The van der Waals surface area contributed by atoms with Crippen LogP contribution < -0.4 is 5.73 Å². The Morgan fingerprint density at radius 2 is 1.38 bits per heavy atom. The largest absolute Gasteiger partial charge is 0.368 e. The average Bonchev–Trinajstić information content (AvgIpc) is 2.72. The van der Waals surface area contributed by atoms with Crippen LogP contribution in [0.15, 0.2) is 78.9 Å². The van der Waals surface area contributed by atoms with Gasteiger partial charge in [-0.15, -0.1) is 0 Å². The van der Waals surface area contributed by atoms with Crippen LogP contribution in [-0.4, -0.2) is 23.3 Å². The Morgan fingerprint density at radius 1 is 0.828 bits per heavy atom. The number of benzene rings is 3. The topological polar surface area (TPSA) is 63.4 Å². The highest BCUT2D eigenvalue weighted by atomic mass is 19.1. The lowest BCUT2D eigenvalue weighted by atomic mass is 10.0. The van der Waals surface area contributed by atoms with Gasteiger partial charge in [-0.2, -0.15) is 0 Å². The second-order valence-electron chi connectivity index (χ2n) is 6.60. The Hall–Kier alpha value is -3.54. The van der Waals surface area contributed by atoms with Gasteiger partial charge < -0.3 is 10.6 Å². The predicted octanol–water partition coefficient (Wildman–Crippen LogP) is 3.88. The van der Waals surface area contributed by atoms with Crippen molar-refractivity contribution in [3.63, 3.8) is 0 Å².